The van der Waals surface area contributed by atoms with Gasteiger partial charge in [0.2, 0.25) is 15.9 Å². The molecule has 2 fully saturated rings. The Kier molecular flexibility index (Phi) is 8.07. The summed E-state index contributed by atoms with van der Waals surface area (Å²) in [5.74, 6) is -0.679. The van der Waals surface area contributed by atoms with Crippen LogP contribution in [0.2, 0.25) is 0 Å². The molecule has 2 atom stereocenters. The number of carbonyl (C=O) groups is 2. The van der Waals surface area contributed by atoms with Crippen molar-refractivity contribution in [3.05, 3.63) is 0 Å². The van der Waals surface area contributed by atoms with Gasteiger partial charge in [-0.25, -0.2) is 17.5 Å². The Morgan fingerprint density at radius 1 is 1.11 bits per heavy atom. The maximum Gasteiger partial charge on any atom is 0.407 e. The number of nitrogens with one attached hydrogen (secondary N) is 1. The van der Waals surface area contributed by atoms with Crippen LogP contribution >= 0.6 is 12.6 Å². The highest BCUT2D eigenvalue weighted by atomic mass is 32.2. The topological polar surface area (TPSA) is 92.8 Å². The van der Waals surface area contributed by atoms with Crippen LogP contribution in [-0.4, -0.2) is 53.9 Å². The van der Waals surface area contributed by atoms with Gasteiger partial charge in [-0.3, -0.25) is 4.79 Å². The number of thiol groups is 1. The lowest BCUT2D eigenvalue weighted by Gasteiger charge is -2.28. The van der Waals surface area contributed by atoms with E-state index in [1.807, 2.05) is 0 Å². The standard InChI is InChI=1S/C19H34N2O5S2/c1-19(2,3)26-18(23)20-16-13-15(16)17(22)21(11-12-27)28(24,25)14-9-7-5-4-6-8-10-14/h14-16,27H,4-13H2,1-3H3,(H,20,23). The van der Waals surface area contributed by atoms with Crippen LogP contribution in [0.4, 0.5) is 4.79 Å². The van der Waals surface area contributed by atoms with E-state index in [1.54, 1.807) is 20.8 Å². The van der Waals surface area contributed by atoms with Crippen molar-refractivity contribution in [1.82, 2.24) is 9.62 Å². The molecular weight excluding hydrogens is 400 g/mol. The largest absolute Gasteiger partial charge is 0.444 e. The van der Waals surface area contributed by atoms with Gasteiger partial charge in [0.25, 0.3) is 0 Å². The van der Waals surface area contributed by atoms with E-state index in [-0.39, 0.29) is 18.3 Å². The lowest BCUT2D eigenvalue weighted by atomic mass is 10.0. The molecule has 28 heavy (non-hydrogen) atoms. The van der Waals surface area contributed by atoms with Crippen LogP contribution in [0, 0.1) is 5.92 Å². The summed E-state index contributed by atoms with van der Waals surface area (Å²) in [6.45, 7) is 5.35. The van der Waals surface area contributed by atoms with Gasteiger partial charge in [-0.15, -0.1) is 0 Å². The van der Waals surface area contributed by atoms with Crippen LogP contribution < -0.4 is 5.32 Å². The molecule has 2 unspecified atom stereocenters. The summed E-state index contributed by atoms with van der Waals surface area (Å²) in [7, 11) is -3.72. The molecule has 0 heterocycles. The van der Waals surface area contributed by atoms with Crippen molar-refractivity contribution in [3.8, 4) is 0 Å². The Balaban J connectivity index is 2.02. The summed E-state index contributed by atoms with van der Waals surface area (Å²) in [6, 6.07) is -0.377. The van der Waals surface area contributed by atoms with Crippen LogP contribution in [0.25, 0.3) is 0 Å². The molecule has 7 nitrogen and oxygen atoms in total. The number of hydrogen-bond acceptors (Lipinski definition) is 6. The molecule has 2 amide bonds. The molecule has 2 saturated carbocycles. The summed E-state index contributed by atoms with van der Waals surface area (Å²) in [5.41, 5.74) is -0.627. The molecule has 0 aromatic heterocycles. The Bertz CT molecular complexity index is 652. The molecule has 0 spiro atoms. The van der Waals surface area contributed by atoms with Crippen LogP contribution in [0.3, 0.4) is 0 Å². The highest BCUT2D eigenvalue weighted by Crippen LogP contribution is 2.35. The minimum absolute atomic E-state index is 0.0659. The number of ether oxygens (including phenoxy) is 1. The number of sulfonamides is 1. The highest BCUT2D eigenvalue weighted by Gasteiger charge is 2.49. The summed E-state index contributed by atoms with van der Waals surface area (Å²) in [4.78, 5) is 24.8. The number of hydrogen-bond donors (Lipinski definition) is 2. The molecule has 1 N–H and O–H groups in total. The zero-order valence-corrected chi connectivity index (χ0v) is 18.9. The van der Waals surface area contributed by atoms with Gasteiger partial charge in [-0.1, -0.05) is 32.1 Å². The van der Waals surface area contributed by atoms with Crippen molar-refractivity contribution in [2.24, 2.45) is 5.92 Å². The number of amides is 2. The summed E-state index contributed by atoms with van der Waals surface area (Å²) in [5, 5.41) is 2.16. The Morgan fingerprint density at radius 2 is 1.68 bits per heavy atom. The Morgan fingerprint density at radius 3 is 2.21 bits per heavy atom. The summed E-state index contributed by atoms with van der Waals surface area (Å²) < 4.78 is 32.6. The van der Waals surface area contributed by atoms with E-state index in [0.29, 0.717) is 19.3 Å². The monoisotopic (exact) mass is 434 g/mol. The van der Waals surface area contributed by atoms with Gasteiger partial charge >= 0.3 is 6.09 Å². The highest BCUT2D eigenvalue weighted by molar-refractivity contribution is 7.90. The van der Waals surface area contributed by atoms with Crippen LogP contribution in [0.1, 0.15) is 72.1 Å². The fourth-order valence-electron chi connectivity index (χ4n) is 3.62. The van der Waals surface area contributed by atoms with Crippen LogP contribution in [0.5, 0.6) is 0 Å². The molecule has 2 aliphatic rings. The molecule has 2 rings (SSSR count). The maximum atomic E-state index is 13.2. The first-order chi connectivity index (χ1) is 13.1. The van der Waals surface area contributed by atoms with E-state index in [2.05, 4.69) is 17.9 Å². The minimum Gasteiger partial charge on any atom is -0.444 e. The number of alkyl carbamates (subject to hydrolysis) is 1. The SMILES string of the molecule is CC(C)(C)OC(=O)NC1CC1C(=O)N(CCS)S(=O)(=O)C1CCCCCCC1. The second-order valence-electron chi connectivity index (χ2n) is 8.74. The number of rotatable bonds is 6. The second kappa shape index (κ2) is 9.69. The van der Waals surface area contributed by atoms with E-state index < -0.39 is 38.8 Å². The van der Waals surface area contributed by atoms with Gasteiger partial charge < -0.3 is 10.1 Å². The van der Waals surface area contributed by atoms with Gasteiger partial charge in [0.05, 0.1) is 11.2 Å². The van der Waals surface area contributed by atoms with Crippen molar-refractivity contribution in [2.75, 3.05) is 12.3 Å². The quantitative estimate of drug-likeness (QED) is 0.627. The maximum absolute atomic E-state index is 13.2. The van der Waals surface area contributed by atoms with E-state index in [1.165, 1.54) is 0 Å². The molecule has 2 aliphatic carbocycles. The van der Waals surface area contributed by atoms with E-state index in [0.717, 1.165) is 36.4 Å². The van der Waals surface area contributed by atoms with Gasteiger partial charge in [0, 0.05) is 18.3 Å². The molecule has 9 heteroatoms. The average Bonchev–Trinajstić information content (AvgIpc) is 3.28. The molecule has 0 aliphatic heterocycles. The van der Waals surface area contributed by atoms with Crippen LogP contribution in [0.15, 0.2) is 0 Å². The molecule has 162 valence electrons. The third kappa shape index (κ3) is 6.54. The molecule has 0 radical (unpaired) electrons. The van der Waals surface area contributed by atoms with E-state index >= 15 is 0 Å². The fraction of sp³-hybridized carbons (Fsp3) is 0.895. The summed E-state index contributed by atoms with van der Waals surface area (Å²) >= 11 is 4.15. The van der Waals surface area contributed by atoms with Gasteiger partial charge in [0.15, 0.2) is 0 Å². The molecule has 0 bridgehead atoms. The van der Waals surface area contributed by atoms with Crippen molar-refractivity contribution in [3.63, 3.8) is 0 Å². The minimum atomic E-state index is -3.72. The predicted octanol–water partition coefficient (Wildman–Crippen LogP) is 3.10. The number of carbonyl (C=O) groups excluding carboxylic acids is 2. The lowest BCUT2D eigenvalue weighted by molar-refractivity contribution is -0.127. The first-order valence-corrected chi connectivity index (χ1v) is 12.4. The van der Waals surface area contributed by atoms with Crippen molar-refractivity contribution < 1.29 is 22.7 Å². The van der Waals surface area contributed by atoms with E-state index in [9.17, 15) is 18.0 Å². The Hall–Kier alpha value is -0.960. The summed E-state index contributed by atoms with van der Waals surface area (Å²) in [6.07, 6.45) is 6.02. The van der Waals surface area contributed by atoms with Gasteiger partial charge in [0.1, 0.15) is 5.60 Å². The second-order valence-corrected chi connectivity index (χ2v) is 11.3. The smallest absolute Gasteiger partial charge is 0.407 e. The number of nitrogens with zero attached hydrogens (tertiary/aromatic N) is 1. The normalized spacial score (nSPS) is 24.0. The van der Waals surface area contributed by atoms with Crippen molar-refractivity contribution >= 4 is 34.7 Å². The molecule has 0 aromatic rings. The lowest BCUT2D eigenvalue weighted by Crippen LogP contribution is -2.46. The van der Waals surface area contributed by atoms with Gasteiger partial charge in [-0.2, -0.15) is 12.6 Å². The third-order valence-corrected chi connectivity index (χ3v) is 7.63. The molecular formula is C19H34N2O5S2. The first kappa shape index (κ1) is 23.3. The van der Waals surface area contributed by atoms with Crippen LogP contribution in [-0.2, 0) is 19.6 Å². The molecule has 0 saturated heterocycles. The zero-order valence-electron chi connectivity index (χ0n) is 17.1. The predicted molar refractivity (Wildman–Crippen MR) is 112 cm³/mol. The Labute approximate surface area is 174 Å². The van der Waals surface area contributed by atoms with Crippen molar-refractivity contribution in [1.29, 1.82) is 0 Å². The van der Waals surface area contributed by atoms with Gasteiger partial charge in [-0.05, 0) is 40.0 Å². The van der Waals surface area contributed by atoms with Crippen molar-refractivity contribution in [2.45, 2.75) is 89.0 Å². The average molecular weight is 435 g/mol. The first-order valence-electron chi connectivity index (χ1n) is 10.2. The third-order valence-electron chi connectivity index (χ3n) is 5.14. The van der Waals surface area contributed by atoms with E-state index in [4.69, 9.17) is 4.74 Å². The fourth-order valence-corrected chi connectivity index (χ4v) is 5.98. The zero-order chi connectivity index (χ0) is 20.9. The molecule has 0 aromatic carbocycles.